The van der Waals surface area contributed by atoms with Crippen molar-refractivity contribution >= 4 is 11.6 Å². The number of halogens is 1. The monoisotopic (exact) mass is 432 g/mol. The molecule has 0 aliphatic carbocycles. The molecule has 7 nitrogen and oxygen atoms in total. The lowest BCUT2D eigenvalue weighted by molar-refractivity contribution is 0.101. The number of aromatic nitrogens is 3. The van der Waals surface area contributed by atoms with Crippen LogP contribution in [0.4, 0.5) is 10.1 Å². The number of carbonyl (C=O) groups excluding carboxylic acids is 1. The van der Waals surface area contributed by atoms with Gasteiger partial charge in [-0.2, -0.15) is 0 Å². The van der Waals surface area contributed by atoms with Crippen LogP contribution in [0.3, 0.4) is 0 Å². The van der Waals surface area contributed by atoms with E-state index in [0.29, 0.717) is 40.9 Å². The molecule has 4 aromatic rings. The van der Waals surface area contributed by atoms with E-state index in [0.717, 1.165) is 0 Å². The molecule has 3 aromatic carbocycles. The molecular weight excluding hydrogens is 411 g/mol. The van der Waals surface area contributed by atoms with Crippen molar-refractivity contribution in [3.63, 3.8) is 0 Å². The molecule has 0 spiro atoms. The first-order valence-corrected chi connectivity index (χ1v) is 9.99. The quantitative estimate of drug-likeness (QED) is 0.457. The number of methoxy groups -OCH3 is 1. The number of benzene rings is 3. The molecule has 1 heterocycles. The molecule has 162 valence electrons. The van der Waals surface area contributed by atoms with Crippen LogP contribution in [0.5, 0.6) is 11.5 Å². The molecule has 0 unspecified atom stereocenters. The zero-order chi connectivity index (χ0) is 22.5. The highest BCUT2D eigenvalue weighted by Crippen LogP contribution is 2.26. The Morgan fingerprint density at radius 3 is 2.44 bits per heavy atom. The predicted molar refractivity (Wildman–Crippen MR) is 119 cm³/mol. The molecule has 0 aliphatic heterocycles. The van der Waals surface area contributed by atoms with Crippen molar-refractivity contribution in [2.45, 2.75) is 6.92 Å². The van der Waals surface area contributed by atoms with Crippen LogP contribution < -0.4 is 14.8 Å². The lowest BCUT2D eigenvalue weighted by Gasteiger charge is -2.08. The number of carbonyl (C=O) groups is 1. The van der Waals surface area contributed by atoms with Crippen LogP contribution in [0.25, 0.3) is 17.1 Å². The Hall–Kier alpha value is -4.20. The summed E-state index contributed by atoms with van der Waals surface area (Å²) in [5.74, 6) is 0.736. The molecule has 0 atom stereocenters. The van der Waals surface area contributed by atoms with Gasteiger partial charge in [0.2, 0.25) is 5.82 Å². The van der Waals surface area contributed by atoms with Crippen LogP contribution >= 0.6 is 0 Å². The van der Waals surface area contributed by atoms with Crippen LogP contribution in [0.15, 0.2) is 72.8 Å². The van der Waals surface area contributed by atoms with Gasteiger partial charge in [-0.1, -0.05) is 12.1 Å². The molecule has 0 fully saturated rings. The SMILES string of the molecule is CCOc1ccc(-n2nc(C(=O)Nc3ccccc3OC)nc2-c2ccc(F)cc2)cc1. The van der Waals surface area contributed by atoms with Crippen molar-refractivity contribution in [3.05, 3.63) is 84.4 Å². The van der Waals surface area contributed by atoms with E-state index in [1.54, 1.807) is 41.1 Å². The van der Waals surface area contributed by atoms with Crippen molar-refractivity contribution in [2.75, 3.05) is 19.0 Å². The number of anilines is 1. The largest absolute Gasteiger partial charge is 0.495 e. The fourth-order valence-electron chi connectivity index (χ4n) is 3.15. The fourth-order valence-corrected chi connectivity index (χ4v) is 3.15. The highest BCUT2D eigenvalue weighted by molar-refractivity contribution is 6.02. The number of ether oxygens (including phenoxy) is 2. The van der Waals surface area contributed by atoms with Gasteiger partial charge in [-0.15, -0.1) is 5.10 Å². The average Bonchev–Trinajstić information content (AvgIpc) is 3.26. The maximum atomic E-state index is 13.5. The topological polar surface area (TPSA) is 78.3 Å². The van der Waals surface area contributed by atoms with Crippen LogP contribution in [-0.2, 0) is 0 Å². The number of nitrogens with one attached hydrogen (secondary N) is 1. The van der Waals surface area contributed by atoms with E-state index in [9.17, 15) is 9.18 Å². The maximum Gasteiger partial charge on any atom is 0.295 e. The minimum absolute atomic E-state index is 0.0379. The van der Waals surface area contributed by atoms with Crippen LogP contribution in [0.2, 0.25) is 0 Å². The molecule has 8 heteroatoms. The van der Waals surface area contributed by atoms with Gasteiger partial charge in [-0.25, -0.2) is 14.1 Å². The van der Waals surface area contributed by atoms with E-state index in [2.05, 4.69) is 15.4 Å². The summed E-state index contributed by atoms with van der Waals surface area (Å²) in [7, 11) is 1.52. The molecule has 1 N–H and O–H groups in total. The fraction of sp³-hybridized carbons (Fsp3) is 0.125. The van der Waals surface area contributed by atoms with Gasteiger partial charge in [0.25, 0.3) is 5.91 Å². The van der Waals surface area contributed by atoms with Crippen LogP contribution in [-0.4, -0.2) is 34.4 Å². The van der Waals surface area contributed by atoms with E-state index in [4.69, 9.17) is 9.47 Å². The molecular formula is C24H21FN4O3. The Morgan fingerprint density at radius 1 is 1.03 bits per heavy atom. The summed E-state index contributed by atoms with van der Waals surface area (Å²) in [5, 5.41) is 7.20. The van der Waals surface area contributed by atoms with Crippen molar-refractivity contribution in [3.8, 4) is 28.6 Å². The van der Waals surface area contributed by atoms with Crippen molar-refractivity contribution in [1.29, 1.82) is 0 Å². The first-order chi connectivity index (χ1) is 15.6. The molecule has 4 rings (SSSR count). The molecule has 0 radical (unpaired) electrons. The number of amides is 1. The summed E-state index contributed by atoms with van der Waals surface area (Å²) in [6.07, 6.45) is 0. The Morgan fingerprint density at radius 2 is 1.75 bits per heavy atom. The third kappa shape index (κ3) is 4.44. The summed E-state index contributed by atoms with van der Waals surface area (Å²) in [6.45, 7) is 2.46. The van der Waals surface area contributed by atoms with Gasteiger partial charge >= 0.3 is 0 Å². The normalized spacial score (nSPS) is 10.6. The number of hydrogen-bond acceptors (Lipinski definition) is 5. The van der Waals surface area contributed by atoms with Gasteiger partial charge in [0, 0.05) is 5.56 Å². The van der Waals surface area contributed by atoms with Crippen molar-refractivity contribution < 1.29 is 18.7 Å². The molecule has 0 aliphatic rings. The third-order valence-corrected chi connectivity index (χ3v) is 4.66. The Balaban J connectivity index is 1.73. The second-order valence-corrected chi connectivity index (χ2v) is 6.76. The highest BCUT2D eigenvalue weighted by Gasteiger charge is 2.20. The second-order valence-electron chi connectivity index (χ2n) is 6.76. The van der Waals surface area contributed by atoms with Gasteiger partial charge in [-0.05, 0) is 67.6 Å². The zero-order valence-corrected chi connectivity index (χ0v) is 17.6. The van der Waals surface area contributed by atoms with Gasteiger partial charge in [0.15, 0.2) is 5.82 Å². The van der Waals surface area contributed by atoms with Crippen LogP contribution in [0, 0.1) is 5.82 Å². The standard InChI is InChI=1S/C24H21FN4O3/c1-3-32-19-14-12-18(13-15-19)29-23(16-8-10-17(25)11-9-16)27-22(28-29)24(30)26-20-6-4-5-7-21(20)31-2/h4-15H,3H2,1-2H3,(H,26,30). The van der Waals surface area contributed by atoms with E-state index in [1.807, 2.05) is 31.2 Å². The van der Waals surface area contributed by atoms with E-state index in [1.165, 1.54) is 19.2 Å². The van der Waals surface area contributed by atoms with Gasteiger partial charge in [-0.3, -0.25) is 4.79 Å². The lowest BCUT2D eigenvalue weighted by atomic mass is 10.2. The molecule has 1 aromatic heterocycles. The minimum Gasteiger partial charge on any atom is -0.495 e. The number of para-hydroxylation sites is 2. The molecule has 0 saturated carbocycles. The van der Waals surface area contributed by atoms with Crippen LogP contribution in [0.1, 0.15) is 17.5 Å². The summed E-state index contributed by atoms with van der Waals surface area (Å²) in [4.78, 5) is 17.4. The van der Waals surface area contributed by atoms with Crippen molar-refractivity contribution in [1.82, 2.24) is 14.8 Å². The number of nitrogens with zero attached hydrogens (tertiary/aromatic N) is 3. The zero-order valence-electron chi connectivity index (χ0n) is 17.6. The van der Waals surface area contributed by atoms with Gasteiger partial charge < -0.3 is 14.8 Å². The Labute approximate surface area is 184 Å². The van der Waals surface area contributed by atoms with Gasteiger partial charge in [0.1, 0.15) is 17.3 Å². The van der Waals surface area contributed by atoms with Crippen molar-refractivity contribution in [2.24, 2.45) is 0 Å². The molecule has 1 amide bonds. The first kappa shape index (κ1) is 21.0. The number of hydrogen-bond donors (Lipinski definition) is 1. The number of rotatable bonds is 7. The summed E-state index contributed by atoms with van der Waals surface area (Å²) in [5.41, 5.74) is 1.79. The van der Waals surface area contributed by atoms with E-state index in [-0.39, 0.29) is 11.6 Å². The third-order valence-electron chi connectivity index (χ3n) is 4.66. The van der Waals surface area contributed by atoms with Gasteiger partial charge in [0.05, 0.1) is 25.1 Å². The van der Waals surface area contributed by atoms with E-state index >= 15 is 0 Å². The maximum absolute atomic E-state index is 13.5. The summed E-state index contributed by atoms with van der Waals surface area (Å²) < 4.78 is 25.8. The summed E-state index contributed by atoms with van der Waals surface area (Å²) >= 11 is 0. The average molecular weight is 432 g/mol. The Kier molecular flexibility index (Phi) is 6.12. The predicted octanol–water partition coefficient (Wildman–Crippen LogP) is 4.73. The van der Waals surface area contributed by atoms with E-state index < -0.39 is 5.91 Å². The second kappa shape index (κ2) is 9.30. The highest BCUT2D eigenvalue weighted by atomic mass is 19.1. The molecule has 0 bridgehead atoms. The summed E-state index contributed by atoms with van der Waals surface area (Å²) in [6, 6.07) is 20.2. The molecule has 32 heavy (non-hydrogen) atoms. The Bertz CT molecular complexity index is 1220. The molecule has 0 saturated heterocycles. The first-order valence-electron chi connectivity index (χ1n) is 9.99. The smallest absolute Gasteiger partial charge is 0.295 e. The lowest BCUT2D eigenvalue weighted by Crippen LogP contribution is -2.15. The minimum atomic E-state index is -0.498.